The van der Waals surface area contributed by atoms with Crippen LogP contribution < -0.4 is 0 Å². The lowest BCUT2D eigenvalue weighted by Crippen LogP contribution is -2.31. The highest BCUT2D eigenvalue weighted by Gasteiger charge is 2.43. The SMILES string of the molecule is CN(C)C1C[C@@H]2CC(N(C)Cc3cnc(-c4ccco4)nc3)C[C@@H]2C1. The van der Waals surface area contributed by atoms with E-state index in [1.807, 2.05) is 24.5 Å². The minimum absolute atomic E-state index is 0.654. The fourth-order valence-electron chi connectivity index (χ4n) is 4.72. The molecule has 25 heavy (non-hydrogen) atoms. The van der Waals surface area contributed by atoms with Crippen molar-refractivity contribution in [2.75, 3.05) is 21.1 Å². The fraction of sp³-hybridized carbons (Fsp3) is 0.600. The van der Waals surface area contributed by atoms with Crippen molar-refractivity contribution >= 4 is 0 Å². The van der Waals surface area contributed by atoms with Crippen LogP contribution >= 0.6 is 0 Å². The van der Waals surface area contributed by atoms with Crippen LogP contribution in [0.2, 0.25) is 0 Å². The molecule has 0 N–H and O–H groups in total. The van der Waals surface area contributed by atoms with Gasteiger partial charge in [0.1, 0.15) is 0 Å². The van der Waals surface area contributed by atoms with E-state index in [4.69, 9.17) is 4.42 Å². The molecule has 2 aliphatic rings. The van der Waals surface area contributed by atoms with Crippen LogP contribution in [0.25, 0.3) is 11.6 Å². The van der Waals surface area contributed by atoms with Crippen LogP contribution in [0.15, 0.2) is 35.2 Å². The molecule has 2 fully saturated rings. The topological polar surface area (TPSA) is 45.4 Å². The van der Waals surface area contributed by atoms with E-state index in [1.54, 1.807) is 6.26 Å². The summed E-state index contributed by atoms with van der Waals surface area (Å²) < 4.78 is 5.35. The van der Waals surface area contributed by atoms with Gasteiger partial charge in [0.2, 0.25) is 0 Å². The van der Waals surface area contributed by atoms with Crippen molar-refractivity contribution in [2.45, 2.75) is 44.3 Å². The van der Waals surface area contributed by atoms with Gasteiger partial charge in [0.25, 0.3) is 0 Å². The van der Waals surface area contributed by atoms with Gasteiger partial charge in [-0.3, -0.25) is 4.90 Å². The number of fused-ring (bicyclic) bond motifs is 1. The number of rotatable bonds is 5. The van der Waals surface area contributed by atoms with Gasteiger partial charge in [-0.15, -0.1) is 0 Å². The summed E-state index contributed by atoms with van der Waals surface area (Å²) in [6.07, 6.45) is 11.0. The molecule has 134 valence electrons. The highest BCUT2D eigenvalue weighted by atomic mass is 16.3. The zero-order valence-electron chi connectivity index (χ0n) is 15.4. The number of hydrogen-bond donors (Lipinski definition) is 0. The van der Waals surface area contributed by atoms with Gasteiger partial charge in [-0.05, 0) is 70.8 Å². The molecule has 2 aromatic heterocycles. The molecule has 0 radical (unpaired) electrons. The van der Waals surface area contributed by atoms with Crippen LogP contribution in [0.4, 0.5) is 0 Å². The molecule has 4 rings (SSSR count). The largest absolute Gasteiger partial charge is 0.461 e. The molecular formula is C20H28N4O. The molecule has 2 heterocycles. The van der Waals surface area contributed by atoms with Crippen LogP contribution in [0.1, 0.15) is 31.2 Å². The Morgan fingerprint density at radius 2 is 1.64 bits per heavy atom. The Bertz CT molecular complexity index is 668. The van der Waals surface area contributed by atoms with Crippen molar-refractivity contribution in [1.29, 1.82) is 0 Å². The molecule has 0 bridgehead atoms. The number of aromatic nitrogens is 2. The smallest absolute Gasteiger partial charge is 0.195 e. The average Bonchev–Trinajstić information content (AvgIpc) is 3.31. The molecule has 0 amide bonds. The maximum atomic E-state index is 5.35. The summed E-state index contributed by atoms with van der Waals surface area (Å²) in [5.41, 5.74) is 1.17. The second kappa shape index (κ2) is 6.89. The van der Waals surface area contributed by atoms with E-state index in [1.165, 1.54) is 31.2 Å². The van der Waals surface area contributed by atoms with Gasteiger partial charge >= 0.3 is 0 Å². The van der Waals surface area contributed by atoms with Crippen LogP contribution in [0.5, 0.6) is 0 Å². The molecule has 2 saturated carbocycles. The summed E-state index contributed by atoms with van der Waals surface area (Å²) in [6, 6.07) is 5.24. The number of nitrogens with zero attached hydrogens (tertiary/aromatic N) is 4. The molecule has 2 aliphatic carbocycles. The van der Waals surface area contributed by atoms with Crippen LogP contribution in [-0.2, 0) is 6.54 Å². The average molecular weight is 340 g/mol. The second-order valence-corrected chi connectivity index (χ2v) is 8.04. The van der Waals surface area contributed by atoms with Crippen LogP contribution in [0, 0.1) is 11.8 Å². The van der Waals surface area contributed by atoms with Gasteiger partial charge in [-0.25, -0.2) is 9.97 Å². The Balaban J connectivity index is 1.33. The summed E-state index contributed by atoms with van der Waals surface area (Å²) in [4.78, 5) is 13.8. The lowest BCUT2D eigenvalue weighted by Gasteiger charge is -2.26. The third-order valence-corrected chi connectivity index (χ3v) is 6.20. The normalized spacial score (nSPS) is 28.8. The summed E-state index contributed by atoms with van der Waals surface area (Å²) in [7, 11) is 6.69. The predicted octanol–water partition coefficient (Wildman–Crippen LogP) is 3.29. The zero-order chi connectivity index (χ0) is 17.4. The Hall–Kier alpha value is -1.72. The first-order valence-electron chi connectivity index (χ1n) is 9.31. The van der Waals surface area contributed by atoms with E-state index >= 15 is 0 Å². The van der Waals surface area contributed by atoms with E-state index in [0.29, 0.717) is 11.9 Å². The molecule has 0 aliphatic heterocycles. The van der Waals surface area contributed by atoms with Crippen LogP contribution in [-0.4, -0.2) is 53.0 Å². The molecule has 0 saturated heterocycles. The minimum atomic E-state index is 0.654. The van der Waals surface area contributed by atoms with Crippen molar-refractivity contribution in [1.82, 2.24) is 19.8 Å². The lowest BCUT2D eigenvalue weighted by atomic mass is 10.0. The zero-order valence-corrected chi connectivity index (χ0v) is 15.4. The molecule has 0 spiro atoms. The summed E-state index contributed by atoms with van der Waals surface area (Å²) in [6.45, 7) is 0.916. The van der Waals surface area contributed by atoms with Gasteiger partial charge in [0.15, 0.2) is 11.6 Å². The first-order valence-corrected chi connectivity index (χ1v) is 9.31. The maximum Gasteiger partial charge on any atom is 0.195 e. The monoisotopic (exact) mass is 340 g/mol. The minimum Gasteiger partial charge on any atom is -0.461 e. The molecular weight excluding hydrogens is 312 g/mol. The predicted molar refractivity (Wildman–Crippen MR) is 97.9 cm³/mol. The molecule has 5 nitrogen and oxygen atoms in total. The third kappa shape index (κ3) is 3.48. The number of hydrogen-bond acceptors (Lipinski definition) is 5. The van der Waals surface area contributed by atoms with Gasteiger partial charge in [-0.1, -0.05) is 0 Å². The van der Waals surface area contributed by atoms with E-state index in [2.05, 4.69) is 40.9 Å². The van der Waals surface area contributed by atoms with E-state index < -0.39 is 0 Å². The quantitative estimate of drug-likeness (QED) is 0.836. The van der Waals surface area contributed by atoms with E-state index in [-0.39, 0.29) is 0 Å². The van der Waals surface area contributed by atoms with Crippen molar-refractivity contribution < 1.29 is 4.42 Å². The van der Waals surface area contributed by atoms with E-state index in [9.17, 15) is 0 Å². The summed E-state index contributed by atoms with van der Waals surface area (Å²) >= 11 is 0. The first kappa shape index (κ1) is 16.7. The van der Waals surface area contributed by atoms with Crippen molar-refractivity contribution in [2.24, 2.45) is 11.8 Å². The lowest BCUT2D eigenvalue weighted by molar-refractivity contribution is 0.211. The Kier molecular flexibility index (Phi) is 4.61. The number of furan rings is 1. The Morgan fingerprint density at radius 1 is 1.00 bits per heavy atom. The maximum absolute atomic E-state index is 5.35. The second-order valence-electron chi connectivity index (χ2n) is 8.04. The van der Waals surface area contributed by atoms with Crippen molar-refractivity contribution in [3.05, 3.63) is 36.4 Å². The van der Waals surface area contributed by atoms with Gasteiger partial charge in [-0.2, -0.15) is 0 Å². The molecule has 2 aromatic rings. The molecule has 2 unspecified atom stereocenters. The third-order valence-electron chi connectivity index (χ3n) is 6.20. The summed E-state index contributed by atoms with van der Waals surface area (Å²) in [5, 5.41) is 0. The van der Waals surface area contributed by atoms with Gasteiger partial charge < -0.3 is 9.32 Å². The Morgan fingerprint density at radius 3 is 2.20 bits per heavy atom. The van der Waals surface area contributed by atoms with E-state index in [0.717, 1.165) is 30.2 Å². The van der Waals surface area contributed by atoms with Crippen molar-refractivity contribution in [3.63, 3.8) is 0 Å². The molecule has 4 atom stereocenters. The Labute approximate surface area is 150 Å². The van der Waals surface area contributed by atoms with Crippen molar-refractivity contribution in [3.8, 4) is 11.6 Å². The highest BCUT2D eigenvalue weighted by molar-refractivity contribution is 5.45. The molecule has 0 aromatic carbocycles. The highest BCUT2D eigenvalue weighted by Crippen LogP contribution is 2.46. The van der Waals surface area contributed by atoms with Crippen LogP contribution in [0.3, 0.4) is 0 Å². The standard InChI is InChI=1S/C20H28N4O/c1-23(2)17-7-15-9-18(10-16(15)8-17)24(3)13-14-11-21-20(22-12-14)19-5-4-6-25-19/h4-6,11-12,15-18H,7-10,13H2,1-3H3/t15-,16+,17?,18?. The summed E-state index contributed by atoms with van der Waals surface area (Å²) in [5.74, 6) is 3.20. The van der Waals surface area contributed by atoms with Gasteiger partial charge in [0, 0.05) is 36.6 Å². The molecule has 5 heteroatoms. The van der Waals surface area contributed by atoms with Gasteiger partial charge in [0.05, 0.1) is 6.26 Å². The first-order chi connectivity index (χ1) is 12.1. The fourth-order valence-corrected chi connectivity index (χ4v) is 4.72.